The first-order chi connectivity index (χ1) is 9.54. The standard InChI is InChI=1S/C14H20N4O2/c1-3-7-20-11-6-4-5-10-13(11)17-14(16)18(10)9(2)8-12(15)19/h4-6,9H,3,7-8H2,1-2H3,(H2,15,19)(H2,16,17). The van der Waals surface area contributed by atoms with Gasteiger partial charge >= 0.3 is 0 Å². The number of rotatable bonds is 6. The Bertz CT molecular complexity index is 621. The number of anilines is 1. The van der Waals surface area contributed by atoms with Gasteiger partial charge in [-0.2, -0.15) is 0 Å². The molecule has 20 heavy (non-hydrogen) atoms. The summed E-state index contributed by atoms with van der Waals surface area (Å²) in [6, 6.07) is 5.53. The molecule has 0 bridgehead atoms. The molecule has 1 aromatic carbocycles. The van der Waals surface area contributed by atoms with Gasteiger partial charge in [0.1, 0.15) is 11.3 Å². The maximum atomic E-state index is 11.1. The summed E-state index contributed by atoms with van der Waals surface area (Å²) in [5, 5.41) is 0. The van der Waals surface area contributed by atoms with Crippen molar-refractivity contribution < 1.29 is 9.53 Å². The number of nitrogens with zero attached hydrogens (tertiary/aromatic N) is 2. The molecule has 4 N–H and O–H groups in total. The first-order valence-corrected chi connectivity index (χ1v) is 6.72. The van der Waals surface area contributed by atoms with E-state index in [1.807, 2.05) is 36.6 Å². The van der Waals surface area contributed by atoms with Crippen LogP contribution in [0.1, 0.15) is 32.7 Å². The number of carbonyl (C=O) groups is 1. The van der Waals surface area contributed by atoms with Gasteiger partial charge in [-0.15, -0.1) is 0 Å². The largest absolute Gasteiger partial charge is 0.491 e. The third-order valence-corrected chi connectivity index (χ3v) is 3.11. The van der Waals surface area contributed by atoms with Crippen molar-refractivity contribution >= 4 is 22.9 Å². The second-order valence-corrected chi connectivity index (χ2v) is 4.83. The molecule has 1 unspecified atom stereocenters. The van der Waals surface area contributed by atoms with E-state index in [4.69, 9.17) is 16.2 Å². The first kappa shape index (κ1) is 14.2. The fourth-order valence-corrected chi connectivity index (χ4v) is 2.28. The SMILES string of the molecule is CCCOc1cccc2c1nc(N)n2C(C)CC(N)=O. The fraction of sp³-hybridized carbons (Fsp3) is 0.429. The van der Waals surface area contributed by atoms with E-state index in [0.29, 0.717) is 18.3 Å². The van der Waals surface area contributed by atoms with Crippen LogP contribution in [0.4, 0.5) is 5.95 Å². The van der Waals surface area contributed by atoms with Crippen molar-refractivity contribution in [1.29, 1.82) is 0 Å². The zero-order chi connectivity index (χ0) is 14.7. The predicted molar refractivity (Wildman–Crippen MR) is 78.5 cm³/mol. The average Bonchev–Trinajstić information content (AvgIpc) is 2.72. The number of ether oxygens (including phenoxy) is 1. The molecule has 0 aliphatic carbocycles. The molecule has 0 spiro atoms. The molecular weight excluding hydrogens is 256 g/mol. The molecule has 6 nitrogen and oxygen atoms in total. The lowest BCUT2D eigenvalue weighted by molar-refractivity contribution is -0.118. The van der Waals surface area contributed by atoms with Crippen molar-refractivity contribution in [3.05, 3.63) is 18.2 Å². The quantitative estimate of drug-likeness (QED) is 0.841. The van der Waals surface area contributed by atoms with Crippen LogP contribution in [-0.2, 0) is 4.79 Å². The third-order valence-electron chi connectivity index (χ3n) is 3.11. The Labute approximate surface area is 117 Å². The van der Waals surface area contributed by atoms with Crippen LogP contribution < -0.4 is 16.2 Å². The van der Waals surface area contributed by atoms with Crippen LogP contribution in [0.5, 0.6) is 5.75 Å². The minimum atomic E-state index is -0.364. The second kappa shape index (κ2) is 5.81. The summed E-state index contributed by atoms with van der Waals surface area (Å²) in [6.45, 7) is 4.56. The van der Waals surface area contributed by atoms with Gasteiger partial charge in [0.25, 0.3) is 0 Å². The molecule has 108 valence electrons. The summed E-state index contributed by atoms with van der Waals surface area (Å²) in [7, 11) is 0. The molecule has 0 fully saturated rings. The predicted octanol–water partition coefficient (Wildman–Crippen LogP) is 1.84. The van der Waals surface area contributed by atoms with Crippen LogP contribution in [0.15, 0.2) is 18.2 Å². The van der Waals surface area contributed by atoms with Crippen LogP contribution in [0.2, 0.25) is 0 Å². The van der Waals surface area contributed by atoms with Gasteiger partial charge in [-0.3, -0.25) is 4.79 Å². The Hall–Kier alpha value is -2.24. The summed E-state index contributed by atoms with van der Waals surface area (Å²) >= 11 is 0. The molecule has 1 atom stereocenters. The smallest absolute Gasteiger partial charge is 0.219 e. The van der Waals surface area contributed by atoms with Crippen molar-refractivity contribution in [3.63, 3.8) is 0 Å². The number of carbonyl (C=O) groups excluding carboxylic acids is 1. The number of aromatic nitrogens is 2. The summed E-state index contributed by atoms with van der Waals surface area (Å²) in [5.74, 6) is 0.708. The van der Waals surface area contributed by atoms with Crippen LogP contribution in [-0.4, -0.2) is 22.1 Å². The highest BCUT2D eigenvalue weighted by Crippen LogP contribution is 2.30. The Morgan fingerprint density at radius 2 is 2.25 bits per heavy atom. The van der Waals surface area contributed by atoms with Crippen molar-refractivity contribution in [3.8, 4) is 5.75 Å². The lowest BCUT2D eigenvalue weighted by Crippen LogP contribution is -2.18. The topological polar surface area (TPSA) is 96.2 Å². The van der Waals surface area contributed by atoms with Gasteiger partial charge in [-0.1, -0.05) is 13.0 Å². The minimum Gasteiger partial charge on any atom is -0.491 e. The molecule has 0 radical (unpaired) electrons. The second-order valence-electron chi connectivity index (χ2n) is 4.83. The molecule has 6 heteroatoms. The maximum absolute atomic E-state index is 11.1. The summed E-state index contributed by atoms with van der Waals surface area (Å²) in [5.41, 5.74) is 12.8. The normalized spacial score (nSPS) is 12.5. The number of amides is 1. The highest BCUT2D eigenvalue weighted by Gasteiger charge is 2.17. The molecule has 1 aromatic heterocycles. The average molecular weight is 276 g/mol. The zero-order valence-electron chi connectivity index (χ0n) is 11.8. The van der Waals surface area contributed by atoms with Gasteiger partial charge in [-0.25, -0.2) is 4.98 Å². The van der Waals surface area contributed by atoms with E-state index in [1.165, 1.54) is 0 Å². The molecule has 1 amide bonds. The number of fused-ring (bicyclic) bond motifs is 1. The number of imidazole rings is 1. The van der Waals surface area contributed by atoms with Crippen LogP contribution in [0.3, 0.4) is 0 Å². The molecular formula is C14H20N4O2. The van der Waals surface area contributed by atoms with E-state index >= 15 is 0 Å². The van der Waals surface area contributed by atoms with Gasteiger partial charge in [0, 0.05) is 12.5 Å². The summed E-state index contributed by atoms with van der Waals surface area (Å²) < 4.78 is 7.49. The molecule has 0 saturated carbocycles. The third kappa shape index (κ3) is 2.68. The lowest BCUT2D eigenvalue weighted by Gasteiger charge is -2.14. The number of nitrogen functional groups attached to an aromatic ring is 1. The van der Waals surface area contributed by atoms with E-state index in [9.17, 15) is 4.79 Å². The van der Waals surface area contributed by atoms with E-state index in [-0.39, 0.29) is 18.4 Å². The highest BCUT2D eigenvalue weighted by atomic mass is 16.5. The number of hydrogen-bond acceptors (Lipinski definition) is 4. The zero-order valence-corrected chi connectivity index (χ0v) is 11.8. The maximum Gasteiger partial charge on any atom is 0.219 e. The van der Waals surface area contributed by atoms with Crippen LogP contribution >= 0.6 is 0 Å². The van der Waals surface area contributed by atoms with Crippen molar-refractivity contribution in [2.45, 2.75) is 32.7 Å². The molecule has 0 aliphatic heterocycles. The number of nitrogens with two attached hydrogens (primary N) is 2. The molecule has 0 saturated heterocycles. The molecule has 1 heterocycles. The number of primary amides is 1. The van der Waals surface area contributed by atoms with Crippen LogP contribution in [0.25, 0.3) is 11.0 Å². The number of para-hydroxylation sites is 1. The van der Waals surface area contributed by atoms with E-state index < -0.39 is 0 Å². The Balaban J connectivity index is 2.46. The van der Waals surface area contributed by atoms with Crippen molar-refractivity contribution in [2.24, 2.45) is 5.73 Å². The van der Waals surface area contributed by atoms with Gasteiger partial charge in [0.05, 0.1) is 12.1 Å². The fourth-order valence-electron chi connectivity index (χ4n) is 2.28. The van der Waals surface area contributed by atoms with E-state index in [2.05, 4.69) is 4.98 Å². The van der Waals surface area contributed by atoms with Crippen molar-refractivity contribution in [2.75, 3.05) is 12.3 Å². The van der Waals surface area contributed by atoms with Crippen LogP contribution in [0, 0.1) is 0 Å². The van der Waals surface area contributed by atoms with Gasteiger partial charge in [0.15, 0.2) is 0 Å². The molecule has 2 rings (SSSR count). The summed E-state index contributed by atoms with van der Waals surface area (Å²) in [6.07, 6.45) is 1.14. The molecule has 2 aromatic rings. The van der Waals surface area contributed by atoms with Gasteiger partial charge in [-0.05, 0) is 25.5 Å². The van der Waals surface area contributed by atoms with Gasteiger partial charge < -0.3 is 20.8 Å². The van der Waals surface area contributed by atoms with E-state index in [1.54, 1.807) is 0 Å². The van der Waals surface area contributed by atoms with E-state index in [0.717, 1.165) is 17.5 Å². The van der Waals surface area contributed by atoms with Gasteiger partial charge in [0.2, 0.25) is 11.9 Å². The molecule has 0 aliphatic rings. The monoisotopic (exact) mass is 276 g/mol. The summed E-state index contributed by atoms with van der Waals surface area (Å²) in [4.78, 5) is 15.4. The van der Waals surface area contributed by atoms with Crippen molar-refractivity contribution in [1.82, 2.24) is 9.55 Å². The highest BCUT2D eigenvalue weighted by molar-refractivity contribution is 5.85. The Morgan fingerprint density at radius 3 is 2.90 bits per heavy atom. The number of hydrogen-bond donors (Lipinski definition) is 2. The lowest BCUT2D eigenvalue weighted by atomic mass is 10.2. The Morgan fingerprint density at radius 1 is 1.50 bits per heavy atom. The first-order valence-electron chi connectivity index (χ1n) is 6.72. The minimum absolute atomic E-state index is 0.140. The Kier molecular flexibility index (Phi) is 4.12. The number of benzene rings is 1.